The summed E-state index contributed by atoms with van der Waals surface area (Å²) in [6.45, 7) is 3.13. The zero-order chi connectivity index (χ0) is 2.71. The molecule has 1 atom stereocenters. The topological polar surface area (TPSA) is 0 Å². The molecule has 0 bridgehead atoms. The van der Waals surface area contributed by atoms with Gasteiger partial charge in [0.1, 0.15) is 0 Å². The number of hydrogen-bond donors (Lipinski definition) is 0. The maximum atomic E-state index is 4.76. The van der Waals surface area contributed by atoms with E-state index in [0.29, 0.717) is 0 Å². The minimum atomic E-state index is 0. The van der Waals surface area contributed by atoms with E-state index in [4.69, 9.17) is 11.6 Å². The van der Waals surface area contributed by atoms with Gasteiger partial charge in [-0.1, -0.05) is 18.2 Å². The van der Waals surface area contributed by atoms with Gasteiger partial charge in [0.2, 0.25) is 0 Å². The second-order valence-corrected chi connectivity index (χ2v) is 0.463. The van der Waals surface area contributed by atoms with Gasteiger partial charge in [-0.05, 0) is 5.54 Å². The van der Waals surface area contributed by atoms with E-state index in [-0.39, 0.29) is 32.3 Å². The summed E-state index contributed by atoms with van der Waals surface area (Å²) in [5.41, 5.74) is 1.22. The molecule has 0 N–H and O–H groups in total. The average molecular weight is 293 g/mol. The zero-order valence-electron chi connectivity index (χ0n) is 2.67. The van der Waals surface area contributed by atoms with Crippen molar-refractivity contribution in [1.29, 1.82) is 0 Å². The molecule has 0 fully saturated rings. The molecule has 0 rings (SSSR count). The first-order valence-electron chi connectivity index (χ1n) is 0.626. The minimum absolute atomic E-state index is 0. The second-order valence-electron chi connectivity index (χ2n) is 0.154. The van der Waals surface area contributed by atoms with Gasteiger partial charge in [0.15, 0.2) is 0 Å². The maximum absolute atomic E-state index is 4.76. The van der Waals surface area contributed by atoms with E-state index in [9.17, 15) is 0 Å². The fourth-order valence-corrected chi connectivity index (χ4v) is 0. The van der Waals surface area contributed by atoms with Crippen LogP contribution in [-0.4, -0.2) is 0 Å². The van der Waals surface area contributed by atoms with Gasteiger partial charge < -0.3 is 0 Å². The van der Waals surface area contributed by atoms with Crippen LogP contribution in [0.15, 0.2) is 12.1 Å². The number of rotatable bonds is 0. The SMILES string of the molecule is C=CCl.P.[Au]. The molecule has 0 aromatic heterocycles. The Kier molecular flexibility index (Phi) is 62.1. The Morgan fingerprint density at radius 1 is 1.60 bits per heavy atom. The van der Waals surface area contributed by atoms with Crippen LogP contribution in [0.4, 0.5) is 0 Å². The van der Waals surface area contributed by atoms with Crippen molar-refractivity contribution in [3.05, 3.63) is 12.1 Å². The Labute approximate surface area is 56.1 Å². The first-order valence-corrected chi connectivity index (χ1v) is 1.06. The summed E-state index contributed by atoms with van der Waals surface area (Å²) in [4.78, 5) is 0. The molecule has 0 amide bonds. The van der Waals surface area contributed by atoms with E-state index < -0.39 is 0 Å². The van der Waals surface area contributed by atoms with Crippen LogP contribution in [0, 0.1) is 0 Å². The molecule has 0 aliphatic carbocycles. The Morgan fingerprint density at radius 3 is 1.60 bits per heavy atom. The van der Waals surface area contributed by atoms with E-state index >= 15 is 0 Å². The van der Waals surface area contributed by atoms with Gasteiger partial charge in [0.05, 0.1) is 0 Å². The summed E-state index contributed by atoms with van der Waals surface area (Å²) in [5, 5.41) is 0. The number of hydrogen-bond acceptors (Lipinski definition) is 0. The predicted octanol–water partition coefficient (Wildman–Crippen LogP) is 1.42. The molecule has 0 nitrogen and oxygen atoms in total. The molecule has 37 valence electrons. The molecular formula is C2H6AuClP. The van der Waals surface area contributed by atoms with Crippen molar-refractivity contribution in [2.45, 2.75) is 0 Å². The third-order valence-corrected chi connectivity index (χ3v) is 0. The van der Waals surface area contributed by atoms with Crippen LogP contribution in [0.25, 0.3) is 0 Å². The Balaban J connectivity index is -0.0000000200. The van der Waals surface area contributed by atoms with Gasteiger partial charge in [-0.3, -0.25) is 0 Å². The van der Waals surface area contributed by atoms with Gasteiger partial charge in [-0.15, -0.1) is 0 Å². The van der Waals surface area contributed by atoms with E-state index in [1.54, 1.807) is 0 Å². The largest absolute Gasteiger partial charge is 0.153 e. The van der Waals surface area contributed by atoms with Gasteiger partial charge in [0, 0.05) is 22.4 Å². The fourth-order valence-electron chi connectivity index (χ4n) is 0. The van der Waals surface area contributed by atoms with Crippen molar-refractivity contribution < 1.29 is 22.4 Å². The van der Waals surface area contributed by atoms with Crippen LogP contribution in [0.1, 0.15) is 0 Å². The Morgan fingerprint density at radius 2 is 1.60 bits per heavy atom. The molecular weight excluding hydrogens is 287 g/mol. The molecule has 3 heteroatoms. The molecule has 1 radical (unpaired) electrons. The summed E-state index contributed by atoms with van der Waals surface area (Å²) in [6.07, 6.45) is 0. The standard InChI is InChI=1S/C2H3Cl.Au.H3P/c1-2-3;;/h2H,1H2;;1H3. The zero-order valence-corrected chi connectivity index (χ0v) is 7.01. The Bertz CT molecular complexity index is 17.1. The predicted molar refractivity (Wildman–Crippen MR) is 27.2 cm³/mol. The molecule has 0 saturated carbocycles. The molecule has 0 aliphatic heterocycles. The molecule has 0 aromatic carbocycles. The monoisotopic (exact) mass is 293 g/mol. The van der Waals surface area contributed by atoms with Crippen molar-refractivity contribution in [2.24, 2.45) is 0 Å². The molecule has 0 saturated heterocycles. The van der Waals surface area contributed by atoms with E-state index in [1.165, 1.54) is 5.54 Å². The van der Waals surface area contributed by atoms with Crippen LogP contribution in [0.2, 0.25) is 0 Å². The molecule has 0 aliphatic rings. The first-order chi connectivity index (χ1) is 1.41. The van der Waals surface area contributed by atoms with Crippen LogP contribution < -0.4 is 0 Å². The molecule has 0 spiro atoms. The van der Waals surface area contributed by atoms with Crippen molar-refractivity contribution >= 4 is 21.5 Å². The van der Waals surface area contributed by atoms with Gasteiger partial charge in [0.25, 0.3) is 0 Å². The molecule has 0 aromatic rings. The Hall–Kier alpha value is 1.20. The quantitative estimate of drug-likeness (QED) is 0.468. The van der Waals surface area contributed by atoms with Crippen LogP contribution in [0.5, 0.6) is 0 Å². The van der Waals surface area contributed by atoms with Crippen molar-refractivity contribution in [1.82, 2.24) is 0 Å². The second kappa shape index (κ2) is 19.0. The van der Waals surface area contributed by atoms with Crippen LogP contribution in [0.3, 0.4) is 0 Å². The van der Waals surface area contributed by atoms with Crippen molar-refractivity contribution in [3.8, 4) is 0 Å². The summed E-state index contributed by atoms with van der Waals surface area (Å²) in [7, 11) is 0. The normalized spacial score (nSPS) is 2.60. The first kappa shape index (κ1) is 16.4. The minimum Gasteiger partial charge on any atom is -0.153 e. The van der Waals surface area contributed by atoms with Gasteiger partial charge >= 0.3 is 0 Å². The molecule has 1 unspecified atom stereocenters. The maximum Gasteiger partial charge on any atom is 0 e. The molecule has 5 heavy (non-hydrogen) atoms. The van der Waals surface area contributed by atoms with E-state index in [2.05, 4.69) is 6.58 Å². The van der Waals surface area contributed by atoms with Crippen molar-refractivity contribution in [2.75, 3.05) is 0 Å². The summed E-state index contributed by atoms with van der Waals surface area (Å²) in [6, 6.07) is 0. The van der Waals surface area contributed by atoms with Gasteiger partial charge in [-0.2, -0.15) is 9.90 Å². The third kappa shape index (κ3) is 37.0. The smallest absolute Gasteiger partial charge is 0 e. The fraction of sp³-hybridized carbons (Fsp3) is 0. The van der Waals surface area contributed by atoms with E-state index in [1.807, 2.05) is 0 Å². The third-order valence-electron chi connectivity index (χ3n) is 0. The number of halogens is 1. The average Bonchev–Trinajstić information content (AvgIpc) is 0.918. The summed E-state index contributed by atoms with van der Waals surface area (Å²) >= 11 is 4.76. The summed E-state index contributed by atoms with van der Waals surface area (Å²) in [5.74, 6) is 0. The molecule has 0 heterocycles. The van der Waals surface area contributed by atoms with Gasteiger partial charge in [-0.25, -0.2) is 0 Å². The van der Waals surface area contributed by atoms with Crippen LogP contribution in [-0.2, 0) is 22.4 Å². The summed E-state index contributed by atoms with van der Waals surface area (Å²) < 4.78 is 0. The van der Waals surface area contributed by atoms with E-state index in [0.717, 1.165) is 0 Å². The van der Waals surface area contributed by atoms with Crippen LogP contribution >= 0.6 is 21.5 Å². The van der Waals surface area contributed by atoms with Crippen molar-refractivity contribution in [3.63, 3.8) is 0 Å².